The third-order valence-corrected chi connectivity index (χ3v) is 3.16. The number of ether oxygens (including phenoxy) is 1. The third kappa shape index (κ3) is 4.62. The number of carboxylic acid groups (broad SMARTS) is 1. The lowest BCUT2D eigenvalue weighted by Gasteiger charge is -2.33. The van der Waals surface area contributed by atoms with E-state index in [2.05, 4.69) is 0 Å². The molecule has 18 heavy (non-hydrogen) atoms. The van der Waals surface area contributed by atoms with Gasteiger partial charge < -0.3 is 20.5 Å². The van der Waals surface area contributed by atoms with Crippen LogP contribution < -0.4 is 5.73 Å². The van der Waals surface area contributed by atoms with E-state index >= 15 is 0 Å². The number of hydrogen-bond donors (Lipinski definition) is 2. The van der Waals surface area contributed by atoms with Crippen LogP contribution in [0.4, 0.5) is 0 Å². The second-order valence-corrected chi connectivity index (χ2v) is 5.04. The molecule has 0 aromatic carbocycles. The molecule has 1 aliphatic rings. The van der Waals surface area contributed by atoms with E-state index in [9.17, 15) is 9.59 Å². The predicted molar refractivity (Wildman–Crippen MR) is 66.0 cm³/mol. The highest BCUT2D eigenvalue weighted by molar-refractivity contribution is 5.77. The van der Waals surface area contributed by atoms with E-state index in [1.165, 1.54) is 0 Å². The Bertz CT molecular complexity index is 306. The van der Waals surface area contributed by atoms with Crippen LogP contribution in [0.2, 0.25) is 0 Å². The van der Waals surface area contributed by atoms with Crippen molar-refractivity contribution < 1.29 is 19.4 Å². The molecule has 0 saturated carbocycles. The van der Waals surface area contributed by atoms with Crippen LogP contribution in [0, 0.1) is 5.92 Å². The summed E-state index contributed by atoms with van der Waals surface area (Å²) in [5.41, 5.74) is 5.87. The van der Waals surface area contributed by atoms with Gasteiger partial charge in [0, 0.05) is 25.6 Å². The molecule has 1 heterocycles. The van der Waals surface area contributed by atoms with Gasteiger partial charge in [0.05, 0.1) is 19.1 Å². The Morgan fingerprint density at radius 1 is 1.50 bits per heavy atom. The van der Waals surface area contributed by atoms with Crippen molar-refractivity contribution in [2.45, 2.75) is 38.8 Å². The predicted octanol–water partition coefficient (Wildman–Crippen LogP) is 0.0619. The van der Waals surface area contributed by atoms with Crippen LogP contribution in [-0.2, 0) is 14.3 Å². The molecule has 0 spiro atoms. The molecule has 0 aliphatic carbocycles. The fourth-order valence-corrected chi connectivity index (χ4v) is 1.83. The molecule has 1 saturated heterocycles. The van der Waals surface area contributed by atoms with Crippen LogP contribution in [0.15, 0.2) is 0 Å². The minimum atomic E-state index is -0.909. The number of carboxylic acids is 1. The summed E-state index contributed by atoms with van der Waals surface area (Å²) in [7, 11) is 0. The molecule has 6 nitrogen and oxygen atoms in total. The molecule has 1 amide bonds. The van der Waals surface area contributed by atoms with Crippen molar-refractivity contribution >= 4 is 11.9 Å². The van der Waals surface area contributed by atoms with Gasteiger partial charge in [-0.25, -0.2) is 0 Å². The van der Waals surface area contributed by atoms with Gasteiger partial charge in [-0.05, 0) is 5.92 Å². The highest BCUT2D eigenvalue weighted by Crippen LogP contribution is 2.12. The van der Waals surface area contributed by atoms with Crippen LogP contribution in [-0.4, -0.2) is 53.7 Å². The Kier molecular flexibility index (Phi) is 5.55. The average molecular weight is 258 g/mol. The van der Waals surface area contributed by atoms with Crippen molar-refractivity contribution in [3.8, 4) is 0 Å². The summed E-state index contributed by atoms with van der Waals surface area (Å²) in [4.78, 5) is 24.2. The van der Waals surface area contributed by atoms with Crippen molar-refractivity contribution in [2.75, 3.05) is 19.7 Å². The van der Waals surface area contributed by atoms with Gasteiger partial charge in [0.15, 0.2) is 0 Å². The Morgan fingerprint density at radius 2 is 2.17 bits per heavy atom. The van der Waals surface area contributed by atoms with Gasteiger partial charge in [-0.2, -0.15) is 0 Å². The van der Waals surface area contributed by atoms with Crippen LogP contribution in [0.3, 0.4) is 0 Å². The second kappa shape index (κ2) is 6.70. The zero-order valence-corrected chi connectivity index (χ0v) is 11.0. The molecule has 2 unspecified atom stereocenters. The Labute approximate surface area is 107 Å². The summed E-state index contributed by atoms with van der Waals surface area (Å²) in [6, 6.07) is -0.154. The van der Waals surface area contributed by atoms with E-state index in [1.54, 1.807) is 4.90 Å². The van der Waals surface area contributed by atoms with E-state index in [4.69, 9.17) is 15.6 Å². The molecule has 2 atom stereocenters. The zero-order valence-electron chi connectivity index (χ0n) is 11.0. The first-order valence-electron chi connectivity index (χ1n) is 6.27. The first-order valence-corrected chi connectivity index (χ1v) is 6.27. The molecule has 1 fully saturated rings. The van der Waals surface area contributed by atoms with Gasteiger partial charge in [-0.15, -0.1) is 0 Å². The maximum absolute atomic E-state index is 12.0. The van der Waals surface area contributed by atoms with Crippen LogP contribution in [0.25, 0.3) is 0 Å². The normalized spacial score (nSPS) is 22.0. The smallest absolute Gasteiger partial charge is 0.306 e. The summed E-state index contributed by atoms with van der Waals surface area (Å²) < 4.78 is 5.32. The largest absolute Gasteiger partial charge is 0.481 e. The molecular weight excluding hydrogens is 236 g/mol. The topological polar surface area (TPSA) is 92.9 Å². The SMILES string of the molecule is CC(C)C(N)CC(=O)N1CCOC(CC(=O)O)C1. The molecule has 0 aromatic rings. The number of aliphatic carboxylic acids is 1. The Balaban J connectivity index is 2.45. The summed E-state index contributed by atoms with van der Waals surface area (Å²) in [5, 5.41) is 8.71. The highest BCUT2D eigenvalue weighted by Gasteiger charge is 2.27. The third-order valence-electron chi connectivity index (χ3n) is 3.16. The molecule has 104 valence electrons. The monoisotopic (exact) mass is 258 g/mol. The average Bonchev–Trinajstić information content (AvgIpc) is 2.28. The lowest BCUT2D eigenvalue weighted by molar-refractivity contribution is -0.148. The van der Waals surface area contributed by atoms with Gasteiger partial charge in [0.1, 0.15) is 0 Å². The first-order chi connectivity index (χ1) is 8.40. The van der Waals surface area contributed by atoms with E-state index < -0.39 is 12.1 Å². The number of carbonyl (C=O) groups is 2. The molecule has 3 N–H and O–H groups in total. The van der Waals surface area contributed by atoms with Gasteiger partial charge in [-0.1, -0.05) is 13.8 Å². The van der Waals surface area contributed by atoms with Crippen molar-refractivity contribution in [3.63, 3.8) is 0 Å². The van der Waals surface area contributed by atoms with Crippen LogP contribution in [0.1, 0.15) is 26.7 Å². The molecule has 1 aliphatic heterocycles. The standard InChI is InChI=1S/C12H22N2O4/c1-8(2)10(13)6-11(15)14-3-4-18-9(7-14)5-12(16)17/h8-10H,3-7,13H2,1-2H3,(H,16,17). The number of hydrogen-bond acceptors (Lipinski definition) is 4. The number of carbonyl (C=O) groups excluding carboxylic acids is 1. The first kappa shape index (κ1) is 14.9. The fraction of sp³-hybridized carbons (Fsp3) is 0.833. The van der Waals surface area contributed by atoms with Crippen molar-refractivity contribution in [1.29, 1.82) is 0 Å². The number of nitrogens with zero attached hydrogens (tertiary/aromatic N) is 1. The maximum atomic E-state index is 12.0. The highest BCUT2D eigenvalue weighted by atomic mass is 16.5. The summed E-state index contributed by atoms with van der Waals surface area (Å²) in [6.45, 7) is 5.20. The molecule has 0 aromatic heterocycles. The van der Waals surface area contributed by atoms with Gasteiger partial charge >= 0.3 is 5.97 Å². The Morgan fingerprint density at radius 3 is 2.72 bits per heavy atom. The summed E-state index contributed by atoms with van der Waals surface area (Å²) in [5.74, 6) is -0.673. The minimum Gasteiger partial charge on any atom is -0.481 e. The maximum Gasteiger partial charge on any atom is 0.306 e. The van der Waals surface area contributed by atoms with Crippen molar-refractivity contribution in [3.05, 3.63) is 0 Å². The lowest BCUT2D eigenvalue weighted by Crippen LogP contribution is -2.48. The van der Waals surface area contributed by atoms with E-state index in [-0.39, 0.29) is 24.3 Å². The van der Waals surface area contributed by atoms with E-state index in [0.29, 0.717) is 26.1 Å². The molecule has 0 bridgehead atoms. The fourth-order valence-electron chi connectivity index (χ4n) is 1.83. The van der Waals surface area contributed by atoms with Crippen molar-refractivity contribution in [1.82, 2.24) is 4.90 Å². The van der Waals surface area contributed by atoms with Crippen LogP contribution in [0.5, 0.6) is 0 Å². The minimum absolute atomic E-state index is 0.0186. The van der Waals surface area contributed by atoms with Gasteiger partial charge in [0.2, 0.25) is 5.91 Å². The lowest BCUT2D eigenvalue weighted by atomic mass is 10.0. The number of amides is 1. The Hall–Kier alpha value is -1.14. The molecular formula is C12H22N2O4. The van der Waals surface area contributed by atoms with E-state index in [0.717, 1.165) is 0 Å². The van der Waals surface area contributed by atoms with Crippen LogP contribution >= 0.6 is 0 Å². The molecule has 6 heteroatoms. The van der Waals surface area contributed by atoms with Gasteiger partial charge in [0.25, 0.3) is 0 Å². The molecule has 0 radical (unpaired) electrons. The number of rotatable bonds is 5. The summed E-state index contributed by atoms with van der Waals surface area (Å²) in [6.07, 6.45) is -0.173. The van der Waals surface area contributed by atoms with Crippen molar-refractivity contribution in [2.24, 2.45) is 11.7 Å². The van der Waals surface area contributed by atoms with Gasteiger partial charge in [-0.3, -0.25) is 9.59 Å². The quantitative estimate of drug-likeness (QED) is 0.727. The summed E-state index contributed by atoms with van der Waals surface area (Å²) >= 11 is 0. The number of morpholine rings is 1. The van der Waals surface area contributed by atoms with E-state index in [1.807, 2.05) is 13.8 Å². The molecule has 1 rings (SSSR count). The zero-order chi connectivity index (χ0) is 13.7. The second-order valence-electron chi connectivity index (χ2n) is 5.04. The number of nitrogens with two attached hydrogens (primary N) is 1.